The van der Waals surface area contributed by atoms with Gasteiger partial charge in [-0.1, -0.05) is 18.1 Å². The lowest BCUT2D eigenvalue weighted by molar-refractivity contribution is 0.169. The molecule has 1 aromatic carbocycles. The molecule has 0 radical (unpaired) electrons. The highest BCUT2D eigenvalue weighted by Gasteiger charge is 2.37. The van der Waals surface area contributed by atoms with Crippen LogP contribution >= 0.6 is 0 Å². The number of piperidine rings is 1. The van der Waals surface area contributed by atoms with Crippen LogP contribution in [0.1, 0.15) is 45.3 Å². The van der Waals surface area contributed by atoms with Crippen molar-refractivity contribution in [3.63, 3.8) is 0 Å². The van der Waals surface area contributed by atoms with Gasteiger partial charge in [-0.15, -0.1) is 0 Å². The quantitative estimate of drug-likeness (QED) is 0.776. The average molecular weight is 445 g/mol. The predicted molar refractivity (Wildman–Crippen MR) is 122 cm³/mol. The number of rotatable bonds is 4. The van der Waals surface area contributed by atoms with Crippen molar-refractivity contribution in [2.45, 2.75) is 52.0 Å². The number of halogens is 1. The number of carbonyl (C=O) groups excluding carboxylic acids is 1. The van der Waals surface area contributed by atoms with E-state index in [4.69, 9.17) is 4.52 Å². The summed E-state index contributed by atoms with van der Waals surface area (Å²) >= 11 is 0. The van der Waals surface area contributed by atoms with Crippen LogP contribution < -0.4 is 10.2 Å². The van der Waals surface area contributed by atoms with Crippen molar-refractivity contribution in [1.29, 1.82) is 0 Å². The van der Waals surface area contributed by atoms with Gasteiger partial charge in [0.25, 0.3) is 0 Å². The zero-order chi connectivity index (χ0) is 22.9. The van der Waals surface area contributed by atoms with E-state index in [0.29, 0.717) is 30.8 Å². The maximum absolute atomic E-state index is 14.8. The molecule has 0 spiro atoms. The molecule has 2 aliphatic heterocycles. The number of carbonyl (C=O) groups is 1. The molecule has 2 fully saturated rings. The van der Waals surface area contributed by atoms with Crippen LogP contribution in [-0.2, 0) is 5.41 Å². The van der Waals surface area contributed by atoms with Crippen molar-refractivity contribution >= 4 is 17.4 Å². The van der Waals surface area contributed by atoms with Crippen LogP contribution in [0, 0.1) is 12.7 Å². The van der Waals surface area contributed by atoms with Crippen molar-refractivity contribution in [3.05, 3.63) is 35.7 Å². The SMILES string of the molecule is Cc1nc(C2(C)CCN(C(=O)Nc3c(F)cccc3N3CCN(C(C)C)CC3)CC2)no1. The van der Waals surface area contributed by atoms with Crippen LogP contribution in [0.25, 0.3) is 0 Å². The van der Waals surface area contributed by atoms with Crippen LogP contribution in [-0.4, -0.2) is 71.3 Å². The number of amides is 2. The van der Waals surface area contributed by atoms with Crippen molar-refractivity contribution in [2.24, 2.45) is 0 Å². The third kappa shape index (κ3) is 4.57. The summed E-state index contributed by atoms with van der Waals surface area (Å²) in [5.41, 5.74) is 0.775. The van der Waals surface area contributed by atoms with Crippen molar-refractivity contribution in [1.82, 2.24) is 19.9 Å². The number of aromatic nitrogens is 2. The number of urea groups is 1. The number of aryl methyl sites for hydroxylation is 1. The molecule has 8 nitrogen and oxygen atoms in total. The van der Waals surface area contributed by atoms with Crippen molar-refractivity contribution in [2.75, 3.05) is 49.5 Å². The highest BCUT2D eigenvalue weighted by atomic mass is 19.1. The highest BCUT2D eigenvalue weighted by Crippen LogP contribution is 2.34. The predicted octanol–water partition coefficient (Wildman–Crippen LogP) is 3.63. The molecule has 1 N–H and O–H groups in total. The van der Waals surface area contributed by atoms with E-state index in [2.05, 4.69) is 46.0 Å². The van der Waals surface area contributed by atoms with Gasteiger partial charge in [0.15, 0.2) is 5.82 Å². The van der Waals surface area contributed by atoms with Gasteiger partial charge in [-0.3, -0.25) is 4.90 Å². The Kier molecular flexibility index (Phi) is 6.37. The molecular formula is C23H33FN6O2. The number of nitrogens with one attached hydrogen (secondary N) is 1. The number of hydrogen-bond acceptors (Lipinski definition) is 6. The molecule has 174 valence electrons. The Hall–Kier alpha value is -2.68. The minimum absolute atomic E-state index is 0.228. The Bertz CT molecular complexity index is 946. The fraction of sp³-hybridized carbons (Fsp3) is 0.609. The zero-order valence-corrected chi connectivity index (χ0v) is 19.4. The summed E-state index contributed by atoms with van der Waals surface area (Å²) in [5.74, 6) is 0.820. The summed E-state index contributed by atoms with van der Waals surface area (Å²) in [6.07, 6.45) is 1.45. The van der Waals surface area contributed by atoms with Crippen LogP contribution in [0.5, 0.6) is 0 Å². The van der Waals surface area contributed by atoms with E-state index in [0.717, 1.165) is 44.7 Å². The maximum Gasteiger partial charge on any atom is 0.321 e. The first-order valence-electron chi connectivity index (χ1n) is 11.4. The van der Waals surface area contributed by atoms with Gasteiger partial charge in [-0.2, -0.15) is 4.98 Å². The summed E-state index contributed by atoms with van der Waals surface area (Å²) < 4.78 is 19.9. The number of likely N-dealkylation sites (tertiary alicyclic amines) is 1. The molecule has 0 atom stereocenters. The first-order valence-corrected chi connectivity index (χ1v) is 11.4. The monoisotopic (exact) mass is 444 g/mol. The van der Waals surface area contributed by atoms with Crippen LogP contribution in [0.3, 0.4) is 0 Å². The lowest BCUT2D eigenvalue weighted by atomic mass is 9.80. The number of hydrogen-bond donors (Lipinski definition) is 1. The first kappa shape index (κ1) is 22.5. The number of piperazine rings is 1. The van der Waals surface area contributed by atoms with Gasteiger partial charge in [0.05, 0.1) is 5.69 Å². The Morgan fingerprint density at radius 1 is 1.16 bits per heavy atom. The molecule has 3 heterocycles. The first-order chi connectivity index (χ1) is 15.3. The Balaban J connectivity index is 1.42. The minimum atomic E-state index is -0.411. The summed E-state index contributed by atoms with van der Waals surface area (Å²) in [5, 5.41) is 6.93. The van der Waals surface area contributed by atoms with Gasteiger partial charge in [-0.05, 0) is 38.8 Å². The summed E-state index contributed by atoms with van der Waals surface area (Å²) in [7, 11) is 0. The van der Waals surface area contributed by atoms with E-state index < -0.39 is 5.82 Å². The topological polar surface area (TPSA) is 77.7 Å². The van der Waals surface area contributed by atoms with Crippen LogP contribution in [0.4, 0.5) is 20.6 Å². The summed E-state index contributed by atoms with van der Waals surface area (Å²) in [6, 6.07) is 5.20. The molecule has 0 bridgehead atoms. The molecule has 0 saturated carbocycles. The molecule has 0 unspecified atom stereocenters. The smallest absolute Gasteiger partial charge is 0.321 e. The fourth-order valence-electron chi connectivity index (χ4n) is 4.54. The van der Waals surface area contributed by atoms with Gasteiger partial charge in [0.2, 0.25) is 5.89 Å². The molecule has 1 aromatic heterocycles. The van der Waals surface area contributed by atoms with Gasteiger partial charge in [0, 0.05) is 57.6 Å². The Morgan fingerprint density at radius 2 is 1.84 bits per heavy atom. The van der Waals surface area contributed by atoms with E-state index in [1.165, 1.54) is 6.07 Å². The highest BCUT2D eigenvalue weighted by molar-refractivity contribution is 5.93. The lowest BCUT2D eigenvalue weighted by Crippen LogP contribution is -2.49. The number of benzene rings is 1. The second-order valence-electron chi connectivity index (χ2n) is 9.37. The minimum Gasteiger partial charge on any atom is -0.367 e. The molecule has 32 heavy (non-hydrogen) atoms. The van der Waals surface area contributed by atoms with E-state index in [1.807, 2.05) is 6.07 Å². The molecule has 2 saturated heterocycles. The molecule has 2 aromatic rings. The molecule has 2 aliphatic rings. The number of anilines is 2. The number of nitrogens with zero attached hydrogens (tertiary/aromatic N) is 5. The normalized spacial score (nSPS) is 19.4. The Labute approximate surface area is 188 Å². The van der Waals surface area contributed by atoms with Gasteiger partial charge in [0.1, 0.15) is 11.5 Å². The third-order valence-corrected chi connectivity index (χ3v) is 6.83. The largest absolute Gasteiger partial charge is 0.367 e. The van der Waals surface area contributed by atoms with Crippen molar-refractivity contribution < 1.29 is 13.7 Å². The summed E-state index contributed by atoms with van der Waals surface area (Å²) in [6.45, 7) is 12.8. The third-order valence-electron chi connectivity index (χ3n) is 6.83. The molecule has 0 aliphatic carbocycles. The standard InChI is InChI=1S/C23H33FN6O2/c1-16(2)28-12-14-29(15-13-28)19-7-5-6-18(24)20(19)26-22(31)30-10-8-23(4,9-11-30)21-25-17(3)32-27-21/h5-7,16H,8-15H2,1-4H3,(H,26,31). The summed E-state index contributed by atoms with van der Waals surface area (Å²) in [4.78, 5) is 23.7. The van der Waals surface area contributed by atoms with Gasteiger partial charge in [-0.25, -0.2) is 9.18 Å². The van der Waals surface area contributed by atoms with E-state index in [9.17, 15) is 9.18 Å². The van der Waals surface area contributed by atoms with Gasteiger partial charge >= 0.3 is 6.03 Å². The van der Waals surface area contributed by atoms with E-state index in [1.54, 1.807) is 17.9 Å². The van der Waals surface area contributed by atoms with Crippen LogP contribution in [0.2, 0.25) is 0 Å². The molecule has 2 amide bonds. The Morgan fingerprint density at radius 3 is 2.44 bits per heavy atom. The average Bonchev–Trinajstić information content (AvgIpc) is 3.23. The van der Waals surface area contributed by atoms with Crippen LogP contribution in [0.15, 0.2) is 22.7 Å². The molecular weight excluding hydrogens is 411 g/mol. The fourth-order valence-corrected chi connectivity index (χ4v) is 4.54. The second-order valence-corrected chi connectivity index (χ2v) is 9.37. The second kappa shape index (κ2) is 9.05. The van der Waals surface area contributed by atoms with Crippen molar-refractivity contribution in [3.8, 4) is 0 Å². The van der Waals surface area contributed by atoms with Gasteiger partial charge < -0.3 is 19.6 Å². The maximum atomic E-state index is 14.8. The number of para-hydroxylation sites is 1. The molecule has 4 rings (SSSR count). The zero-order valence-electron chi connectivity index (χ0n) is 19.4. The lowest BCUT2D eigenvalue weighted by Gasteiger charge is -2.39. The van der Waals surface area contributed by atoms with E-state index >= 15 is 0 Å². The van der Waals surface area contributed by atoms with E-state index in [-0.39, 0.29) is 17.1 Å². The molecule has 9 heteroatoms.